The van der Waals surface area contributed by atoms with E-state index in [-0.39, 0.29) is 0 Å². The van der Waals surface area contributed by atoms with E-state index in [2.05, 4.69) is 34.2 Å². The predicted molar refractivity (Wildman–Crippen MR) is 68.4 cm³/mol. The zero-order valence-electron chi connectivity index (χ0n) is 10.5. The first-order valence-corrected chi connectivity index (χ1v) is 6.17. The fourth-order valence-electron chi connectivity index (χ4n) is 1.90. The number of hydrogen-bond acceptors (Lipinski definition) is 5. The van der Waals surface area contributed by atoms with Crippen LogP contribution in [-0.4, -0.2) is 42.8 Å². The summed E-state index contributed by atoms with van der Waals surface area (Å²) in [5.41, 5.74) is 0. The Morgan fingerprint density at radius 2 is 2.41 bits per heavy atom. The highest BCUT2D eigenvalue weighted by molar-refractivity contribution is 5.48. The van der Waals surface area contributed by atoms with Crippen molar-refractivity contribution in [1.82, 2.24) is 9.97 Å². The van der Waals surface area contributed by atoms with Gasteiger partial charge in [0.25, 0.3) is 0 Å². The lowest BCUT2D eigenvalue weighted by atomic mass is 10.2. The minimum atomic E-state index is 0.434. The molecule has 1 N–H and O–H groups in total. The molecule has 0 bridgehead atoms. The molecular formula is C12H20N4O. The molecule has 1 aromatic rings. The number of rotatable bonds is 5. The summed E-state index contributed by atoms with van der Waals surface area (Å²) < 4.78 is 5.39. The number of likely N-dealkylation sites (N-methyl/N-ethyl adjacent to an activating group) is 1. The molecule has 0 radical (unpaired) electrons. The molecule has 1 unspecified atom stereocenters. The van der Waals surface area contributed by atoms with Crippen LogP contribution >= 0.6 is 0 Å². The average Bonchev–Trinajstić information content (AvgIpc) is 2.89. The van der Waals surface area contributed by atoms with Crippen molar-refractivity contribution in [2.24, 2.45) is 0 Å². The van der Waals surface area contributed by atoms with E-state index in [0.29, 0.717) is 6.04 Å². The Labute approximate surface area is 102 Å². The lowest BCUT2D eigenvalue weighted by Gasteiger charge is -2.24. The maximum atomic E-state index is 5.39. The number of nitrogens with one attached hydrogen (secondary N) is 1. The first-order chi connectivity index (χ1) is 8.31. The Bertz CT molecular complexity index is 352. The van der Waals surface area contributed by atoms with Crippen LogP contribution in [0.15, 0.2) is 12.4 Å². The largest absolute Gasteiger partial charge is 0.379 e. The summed E-state index contributed by atoms with van der Waals surface area (Å²) in [6.07, 6.45) is 3.77. The molecule has 1 aliphatic rings. The maximum Gasteiger partial charge on any atom is 0.134 e. The van der Waals surface area contributed by atoms with Crippen LogP contribution in [0.4, 0.5) is 11.6 Å². The molecule has 0 aliphatic carbocycles. The topological polar surface area (TPSA) is 50.3 Å². The van der Waals surface area contributed by atoms with Crippen LogP contribution in [0.5, 0.6) is 0 Å². The molecule has 0 spiro atoms. The third kappa shape index (κ3) is 3.06. The fourth-order valence-corrected chi connectivity index (χ4v) is 1.90. The van der Waals surface area contributed by atoms with E-state index in [0.717, 1.165) is 44.2 Å². The first-order valence-electron chi connectivity index (χ1n) is 6.17. The van der Waals surface area contributed by atoms with E-state index in [4.69, 9.17) is 4.74 Å². The van der Waals surface area contributed by atoms with E-state index >= 15 is 0 Å². The van der Waals surface area contributed by atoms with Crippen LogP contribution in [0.3, 0.4) is 0 Å². The van der Waals surface area contributed by atoms with Gasteiger partial charge in [0.2, 0.25) is 0 Å². The van der Waals surface area contributed by atoms with Crippen LogP contribution < -0.4 is 10.2 Å². The summed E-state index contributed by atoms with van der Waals surface area (Å²) in [4.78, 5) is 10.7. The smallest absolute Gasteiger partial charge is 0.134 e. The van der Waals surface area contributed by atoms with Crippen molar-refractivity contribution in [3.05, 3.63) is 12.4 Å². The first kappa shape index (κ1) is 12.1. The highest BCUT2D eigenvalue weighted by atomic mass is 16.5. The molecule has 2 rings (SSSR count). The molecule has 94 valence electrons. The normalized spacial score (nSPS) is 19.3. The van der Waals surface area contributed by atoms with Gasteiger partial charge in [0, 0.05) is 26.3 Å². The van der Waals surface area contributed by atoms with Gasteiger partial charge >= 0.3 is 0 Å². The quantitative estimate of drug-likeness (QED) is 0.840. The van der Waals surface area contributed by atoms with Crippen molar-refractivity contribution in [2.45, 2.75) is 25.8 Å². The predicted octanol–water partition coefficient (Wildman–Crippen LogP) is 1.52. The van der Waals surface area contributed by atoms with Crippen molar-refractivity contribution < 1.29 is 4.74 Å². The standard InChI is InChI=1S/C12H20N4O/c1-3-5-13-11-7-12(15-9-14-11)16(2)10-4-6-17-8-10/h7,9-10H,3-6,8H2,1-2H3,(H,13,14,15). The van der Waals surface area contributed by atoms with E-state index in [1.807, 2.05) is 6.07 Å². The minimum absolute atomic E-state index is 0.434. The van der Waals surface area contributed by atoms with Crippen molar-refractivity contribution in [3.63, 3.8) is 0 Å². The molecule has 2 heterocycles. The second-order valence-electron chi connectivity index (χ2n) is 4.32. The number of anilines is 2. The van der Waals surface area contributed by atoms with Crippen molar-refractivity contribution in [1.29, 1.82) is 0 Å². The summed E-state index contributed by atoms with van der Waals surface area (Å²) in [6, 6.07) is 2.43. The zero-order valence-corrected chi connectivity index (χ0v) is 10.5. The Morgan fingerprint density at radius 1 is 1.53 bits per heavy atom. The molecule has 5 nitrogen and oxygen atoms in total. The summed E-state index contributed by atoms with van der Waals surface area (Å²) in [6.45, 7) is 4.71. The SMILES string of the molecule is CCCNc1cc(N(C)C2CCOC2)ncn1. The van der Waals surface area contributed by atoms with Gasteiger partial charge in [-0.2, -0.15) is 0 Å². The molecule has 17 heavy (non-hydrogen) atoms. The molecule has 1 aromatic heterocycles. The molecule has 0 aromatic carbocycles. The molecule has 5 heteroatoms. The summed E-state index contributed by atoms with van der Waals surface area (Å²) in [7, 11) is 2.06. The van der Waals surface area contributed by atoms with E-state index in [1.165, 1.54) is 0 Å². The van der Waals surface area contributed by atoms with Gasteiger partial charge in [0.05, 0.1) is 12.6 Å². The second kappa shape index (κ2) is 5.82. The van der Waals surface area contributed by atoms with Crippen LogP contribution in [0.25, 0.3) is 0 Å². The lowest BCUT2D eigenvalue weighted by Crippen LogP contribution is -2.32. The van der Waals surface area contributed by atoms with Crippen molar-refractivity contribution in [2.75, 3.05) is 37.0 Å². The van der Waals surface area contributed by atoms with Gasteiger partial charge in [-0.25, -0.2) is 9.97 Å². The highest BCUT2D eigenvalue weighted by Gasteiger charge is 2.21. The fraction of sp³-hybridized carbons (Fsp3) is 0.667. The van der Waals surface area contributed by atoms with Crippen LogP contribution in [0.1, 0.15) is 19.8 Å². The average molecular weight is 236 g/mol. The Hall–Kier alpha value is -1.36. The van der Waals surface area contributed by atoms with Gasteiger partial charge < -0.3 is 15.0 Å². The Morgan fingerprint density at radius 3 is 3.12 bits per heavy atom. The maximum absolute atomic E-state index is 5.39. The molecule has 1 fully saturated rings. The van der Waals surface area contributed by atoms with Gasteiger partial charge in [-0.1, -0.05) is 6.92 Å². The van der Waals surface area contributed by atoms with Crippen LogP contribution in [-0.2, 0) is 4.74 Å². The molecule has 1 atom stereocenters. The van der Waals surface area contributed by atoms with E-state index < -0.39 is 0 Å². The van der Waals surface area contributed by atoms with Gasteiger partial charge in [-0.3, -0.25) is 0 Å². The lowest BCUT2D eigenvalue weighted by molar-refractivity contribution is 0.193. The van der Waals surface area contributed by atoms with E-state index in [9.17, 15) is 0 Å². The number of ether oxygens (including phenoxy) is 1. The van der Waals surface area contributed by atoms with E-state index in [1.54, 1.807) is 6.33 Å². The third-order valence-electron chi connectivity index (χ3n) is 3.02. The minimum Gasteiger partial charge on any atom is -0.379 e. The molecule has 0 amide bonds. The van der Waals surface area contributed by atoms with Gasteiger partial charge in [0.1, 0.15) is 18.0 Å². The zero-order chi connectivity index (χ0) is 12.1. The number of hydrogen-bond donors (Lipinski definition) is 1. The highest BCUT2D eigenvalue weighted by Crippen LogP contribution is 2.19. The number of nitrogens with zero attached hydrogens (tertiary/aromatic N) is 3. The van der Waals surface area contributed by atoms with Gasteiger partial charge in [-0.05, 0) is 12.8 Å². The second-order valence-corrected chi connectivity index (χ2v) is 4.32. The van der Waals surface area contributed by atoms with Crippen molar-refractivity contribution >= 4 is 11.6 Å². The van der Waals surface area contributed by atoms with Crippen LogP contribution in [0.2, 0.25) is 0 Å². The van der Waals surface area contributed by atoms with Gasteiger partial charge in [0.15, 0.2) is 0 Å². The Kier molecular flexibility index (Phi) is 4.14. The van der Waals surface area contributed by atoms with Gasteiger partial charge in [-0.15, -0.1) is 0 Å². The number of aromatic nitrogens is 2. The van der Waals surface area contributed by atoms with Crippen molar-refractivity contribution in [3.8, 4) is 0 Å². The molecular weight excluding hydrogens is 216 g/mol. The summed E-state index contributed by atoms with van der Waals surface area (Å²) >= 11 is 0. The molecule has 1 saturated heterocycles. The Balaban J connectivity index is 2.03. The summed E-state index contributed by atoms with van der Waals surface area (Å²) in [5.74, 6) is 1.84. The molecule has 0 saturated carbocycles. The third-order valence-corrected chi connectivity index (χ3v) is 3.02. The monoisotopic (exact) mass is 236 g/mol. The van der Waals surface area contributed by atoms with Crippen LogP contribution in [0, 0.1) is 0 Å². The molecule has 1 aliphatic heterocycles. The summed E-state index contributed by atoms with van der Waals surface area (Å²) in [5, 5.41) is 3.27.